The van der Waals surface area contributed by atoms with E-state index in [-0.39, 0.29) is 52.9 Å². The van der Waals surface area contributed by atoms with Crippen LogP contribution in [0.5, 0.6) is 0 Å². The Morgan fingerprint density at radius 1 is 1.12 bits per heavy atom. The molecule has 3 rings (SSSR count). The molecule has 2 aliphatic rings. The summed E-state index contributed by atoms with van der Waals surface area (Å²) in [5.74, 6) is 0.522. The van der Waals surface area contributed by atoms with Crippen molar-refractivity contribution in [3.63, 3.8) is 0 Å². The van der Waals surface area contributed by atoms with Crippen molar-refractivity contribution in [2.45, 2.75) is 111 Å². The van der Waals surface area contributed by atoms with E-state index in [1.807, 2.05) is 20.8 Å². The fourth-order valence-corrected chi connectivity index (χ4v) is 4.48. The molecule has 0 aliphatic carbocycles. The van der Waals surface area contributed by atoms with E-state index in [1.165, 1.54) is 12.6 Å². The molecule has 2 saturated heterocycles. The third-order valence-electron chi connectivity index (χ3n) is 8.06. The lowest BCUT2D eigenvalue weighted by Crippen LogP contribution is -2.32. The number of allylic oxidation sites excluding steroid dienone is 3. The molecule has 3 atom stereocenters. The number of rotatable bonds is 14. The minimum absolute atomic E-state index is 0.0239. The zero-order chi connectivity index (χ0) is 33.0. The molecule has 242 valence electrons. The Bertz CT molecular complexity index is 1140. The van der Waals surface area contributed by atoms with Crippen LogP contribution in [-0.4, -0.2) is 64.6 Å². The molecule has 2 fully saturated rings. The van der Waals surface area contributed by atoms with Gasteiger partial charge < -0.3 is 30.3 Å². The topological polar surface area (TPSA) is 141 Å². The van der Waals surface area contributed by atoms with Crippen molar-refractivity contribution in [3.8, 4) is 0 Å². The Balaban J connectivity index is 0.00000103. The summed E-state index contributed by atoms with van der Waals surface area (Å²) in [6.45, 7) is 19.9. The van der Waals surface area contributed by atoms with Gasteiger partial charge in [-0.2, -0.15) is 0 Å². The van der Waals surface area contributed by atoms with Crippen molar-refractivity contribution < 1.29 is 24.5 Å². The third-order valence-corrected chi connectivity index (χ3v) is 8.06. The Labute approximate surface area is 258 Å². The second-order valence-corrected chi connectivity index (χ2v) is 12.2. The first-order chi connectivity index (χ1) is 20.1. The van der Waals surface area contributed by atoms with Gasteiger partial charge in [-0.05, 0) is 96.3 Å². The molecule has 0 aromatic heterocycles. The van der Waals surface area contributed by atoms with Crippen LogP contribution in [0.15, 0.2) is 59.2 Å². The van der Waals surface area contributed by atoms with Crippen molar-refractivity contribution >= 4 is 11.6 Å². The quantitative estimate of drug-likeness (QED) is 0.0854. The number of carbonyl (C=O) groups excluding carboxylic acids is 1. The number of aliphatic hydroxyl groups is 2. The Morgan fingerprint density at radius 2 is 1.70 bits per heavy atom. The number of hydrogen-bond acceptors (Lipinski definition) is 8. The molecule has 1 aromatic carbocycles. The molecule has 1 amide bonds. The van der Waals surface area contributed by atoms with Gasteiger partial charge in [-0.3, -0.25) is 4.79 Å². The lowest BCUT2D eigenvalue weighted by molar-refractivity contribution is 0.0788. The molecule has 9 nitrogen and oxygen atoms in total. The standard InChI is InChI=1S/C28H40N2O5.C5H10O.CH5N/c1-7-21(31)15-18-30(26(32)22-9-8-10-23(29-33)20(22)3)17-14-19(2)11-12-25-28(6,35-25)16-13-24-27(4,5)34-24;1-4(2)5(3)6;1-2/h8-10,14-15,24-25,31H,7,11-13,16-18H2,1-6H3;4,6H,3H2,1-2H3;2H2,1H3/b19-14+,21-15+;;. The van der Waals surface area contributed by atoms with Gasteiger partial charge in [0.1, 0.15) is 5.69 Å². The zero-order valence-corrected chi connectivity index (χ0v) is 27.8. The zero-order valence-electron chi connectivity index (χ0n) is 27.8. The largest absolute Gasteiger partial charge is 0.513 e. The number of epoxide rings is 2. The van der Waals surface area contributed by atoms with Crippen molar-refractivity contribution in [1.82, 2.24) is 4.90 Å². The highest BCUT2D eigenvalue weighted by molar-refractivity contribution is 5.97. The first-order valence-electron chi connectivity index (χ1n) is 15.2. The highest BCUT2D eigenvalue weighted by Crippen LogP contribution is 2.47. The first-order valence-corrected chi connectivity index (χ1v) is 15.2. The summed E-state index contributed by atoms with van der Waals surface area (Å²) < 4.78 is 11.7. The monoisotopic (exact) mass is 601 g/mol. The summed E-state index contributed by atoms with van der Waals surface area (Å²) in [5.41, 5.74) is 6.93. The Morgan fingerprint density at radius 3 is 2.21 bits per heavy atom. The van der Waals surface area contributed by atoms with E-state index < -0.39 is 0 Å². The normalized spacial score (nSPS) is 22.0. The number of benzene rings is 1. The average molecular weight is 602 g/mol. The Kier molecular flexibility index (Phi) is 15.3. The van der Waals surface area contributed by atoms with Gasteiger partial charge in [0.2, 0.25) is 0 Å². The number of nitroso groups, excluding NO2 is 1. The summed E-state index contributed by atoms with van der Waals surface area (Å²) in [7, 11) is 1.50. The molecular weight excluding hydrogens is 546 g/mol. The van der Waals surface area contributed by atoms with E-state index in [9.17, 15) is 14.8 Å². The van der Waals surface area contributed by atoms with Gasteiger partial charge >= 0.3 is 0 Å². The van der Waals surface area contributed by atoms with Gasteiger partial charge in [0, 0.05) is 31.0 Å². The van der Waals surface area contributed by atoms with Crippen LogP contribution in [0.4, 0.5) is 5.69 Å². The van der Waals surface area contributed by atoms with Gasteiger partial charge in [-0.25, -0.2) is 0 Å². The number of carbonyl (C=O) groups is 1. The second-order valence-electron chi connectivity index (χ2n) is 12.2. The van der Waals surface area contributed by atoms with Crippen molar-refractivity contribution in [2.24, 2.45) is 16.8 Å². The smallest absolute Gasteiger partial charge is 0.254 e. The lowest BCUT2D eigenvalue weighted by atomic mass is 9.94. The number of hydrogen-bond donors (Lipinski definition) is 3. The Hall–Kier alpha value is -3.01. The van der Waals surface area contributed by atoms with E-state index in [2.05, 4.69) is 51.3 Å². The van der Waals surface area contributed by atoms with Crippen LogP contribution >= 0.6 is 0 Å². The van der Waals surface area contributed by atoms with Crippen molar-refractivity contribution in [3.05, 3.63) is 70.1 Å². The average Bonchev–Trinajstić information content (AvgIpc) is 3.83. The van der Waals surface area contributed by atoms with Gasteiger partial charge in [-0.1, -0.05) is 45.1 Å². The van der Waals surface area contributed by atoms with E-state index in [0.29, 0.717) is 30.2 Å². The van der Waals surface area contributed by atoms with Crippen LogP contribution in [0.2, 0.25) is 0 Å². The number of aliphatic hydroxyl groups excluding tert-OH is 2. The van der Waals surface area contributed by atoms with Gasteiger partial charge in [-0.15, -0.1) is 4.91 Å². The number of ether oxygens (including phenoxy) is 2. The number of nitrogens with zero attached hydrogens (tertiary/aromatic N) is 2. The van der Waals surface area contributed by atoms with Crippen LogP contribution in [0.25, 0.3) is 0 Å². The molecule has 9 heteroatoms. The highest BCUT2D eigenvalue weighted by atomic mass is 16.6. The summed E-state index contributed by atoms with van der Waals surface area (Å²) in [4.78, 5) is 26.0. The van der Waals surface area contributed by atoms with Crippen LogP contribution in [0, 0.1) is 17.7 Å². The van der Waals surface area contributed by atoms with Crippen LogP contribution in [0.3, 0.4) is 0 Å². The molecule has 0 bridgehead atoms. The lowest BCUT2D eigenvalue weighted by Gasteiger charge is -2.21. The molecule has 1 aromatic rings. The second kappa shape index (κ2) is 17.3. The van der Waals surface area contributed by atoms with E-state index in [0.717, 1.165) is 25.7 Å². The van der Waals surface area contributed by atoms with Gasteiger partial charge in [0.25, 0.3) is 5.91 Å². The van der Waals surface area contributed by atoms with Crippen LogP contribution < -0.4 is 5.73 Å². The fraction of sp³-hybridized carbons (Fsp3) is 0.618. The van der Waals surface area contributed by atoms with Crippen molar-refractivity contribution in [1.29, 1.82) is 0 Å². The summed E-state index contributed by atoms with van der Waals surface area (Å²) in [6, 6.07) is 4.97. The summed E-state index contributed by atoms with van der Waals surface area (Å²) >= 11 is 0. The maximum Gasteiger partial charge on any atom is 0.254 e. The molecular formula is C34H55N3O6. The highest BCUT2D eigenvalue weighted by Gasteiger charge is 2.54. The number of nitrogens with two attached hydrogens (primary N) is 1. The molecule has 0 spiro atoms. The molecule has 0 saturated carbocycles. The molecule has 2 aliphatic heterocycles. The predicted octanol–water partition coefficient (Wildman–Crippen LogP) is 7.82. The van der Waals surface area contributed by atoms with E-state index in [1.54, 1.807) is 36.1 Å². The van der Waals surface area contributed by atoms with Crippen LogP contribution in [0.1, 0.15) is 96.5 Å². The first kappa shape index (κ1) is 38.0. The molecule has 4 N–H and O–H groups in total. The van der Waals surface area contributed by atoms with Crippen molar-refractivity contribution in [2.75, 3.05) is 20.1 Å². The van der Waals surface area contributed by atoms with Gasteiger partial charge in [0.05, 0.1) is 34.9 Å². The SMILES string of the molecule is C=C(O)C(C)C.CC/C(O)=C\CN(C/C=C(\C)CCC1OC1(C)CCC1OC1(C)C)C(=O)c1cccc(N=O)c1C.CN. The maximum absolute atomic E-state index is 13.3. The predicted molar refractivity (Wildman–Crippen MR) is 175 cm³/mol. The summed E-state index contributed by atoms with van der Waals surface area (Å²) in [6.07, 6.45) is 8.72. The van der Waals surface area contributed by atoms with E-state index in [4.69, 9.17) is 14.6 Å². The third kappa shape index (κ3) is 12.3. The molecule has 2 heterocycles. The minimum Gasteiger partial charge on any atom is -0.513 e. The molecule has 3 unspecified atom stereocenters. The van der Waals surface area contributed by atoms with Gasteiger partial charge in [0.15, 0.2) is 0 Å². The summed E-state index contributed by atoms with van der Waals surface area (Å²) in [5, 5.41) is 21.4. The number of amides is 1. The van der Waals surface area contributed by atoms with E-state index >= 15 is 0 Å². The molecule has 0 radical (unpaired) electrons. The minimum atomic E-state index is -0.194. The molecule has 43 heavy (non-hydrogen) atoms. The fourth-order valence-electron chi connectivity index (χ4n) is 4.48. The van der Waals surface area contributed by atoms with Crippen LogP contribution in [-0.2, 0) is 9.47 Å². The maximum atomic E-state index is 13.3.